The molecule has 3 N–H and O–H groups in total. The SMILES string of the molecule is CCC(=O)N1CCCCC1C(=O)NC(CN)c1ccc2ccccc2c1. The summed E-state index contributed by atoms with van der Waals surface area (Å²) in [5.74, 6) is -0.0602. The van der Waals surface area contributed by atoms with E-state index < -0.39 is 0 Å². The van der Waals surface area contributed by atoms with Crippen LogP contribution in [0.3, 0.4) is 0 Å². The quantitative estimate of drug-likeness (QED) is 0.868. The van der Waals surface area contributed by atoms with Gasteiger partial charge in [-0.3, -0.25) is 9.59 Å². The molecular weight excluding hydrogens is 326 g/mol. The van der Waals surface area contributed by atoms with Crippen molar-refractivity contribution in [3.05, 3.63) is 48.0 Å². The van der Waals surface area contributed by atoms with E-state index >= 15 is 0 Å². The van der Waals surface area contributed by atoms with Crippen LogP contribution in [-0.4, -0.2) is 35.8 Å². The molecule has 5 nitrogen and oxygen atoms in total. The van der Waals surface area contributed by atoms with Gasteiger partial charge in [0.05, 0.1) is 6.04 Å². The number of fused-ring (bicyclic) bond motifs is 1. The number of hydrogen-bond donors (Lipinski definition) is 2. The lowest BCUT2D eigenvalue weighted by Crippen LogP contribution is -2.52. The molecule has 1 saturated heterocycles. The van der Waals surface area contributed by atoms with E-state index in [1.807, 2.05) is 31.2 Å². The molecule has 1 aliphatic heterocycles. The summed E-state index contributed by atoms with van der Waals surface area (Å²) in [7, 11) is 0. The predicted molar refractivity (Wildman–Crippen MR) is 104 cm³/mol. The number of amides is 2. The van der Waals surface area contributed by atoms with Gasteiger partial charge in [0.25, 0.3) is 0 Å². The number of nitrogens with zero attached hydrogens (tertiary/aromatic N) is 1. The van der Waals surface area contributed by atoms with Crippen LogP contribution in [-0.2, 0) is 9.59 Å². The monoisotopic (exact) mass is 353 g/mol. The van der Waals surface area contributed by atoms with E-state index in [4.69, 9.17) is 5.73 Å². The minimum atomic E-state index is -0.384. The Morgan fingerprint density at radius 3 is 2.69 bits per heavy atom. The van der Waals surface area contributed by atoms with Gasteiger partial charge in [0.1, 0.15) is 6.04 Å². The van der Waals surface area contributed by atoms with E-state index in [2.05, 4.69) is 23.5 Å². The molecule has 138 valence electrons. The molecule has 2 aromatic carbocycles. The van der Waals surface area contributed by atoms with E-state index in [-0.39, 0.29) is 23.9 Å². The maximum atomic E-state index is 12.9. The summed E-state index contributed by atoms with van der Waals surface area (Å²) in [6.07, 6.45) is 3.07. The van der Waals surface area contributed by atoms with Crippen LogP contribution in [0.4, 0.5) is 0 Å². The van der Waals surface area contributed by atoms with Crippen LogP contribution in [0.5, 0.6) is 0 Å². The normalized spacial score (nSPS) is 18.5. The summed E-state index contributed by atoms with van der Waals surface area (Å²) in [6.45, 7) is 2.82. The minimum Gasteiger partial charge on any atom is -0.346 e. The van der Waals surface area contributed by atoms with E-state index in [0.717, 1.165) is 29.2 Å². The van der Waals surface area contributed by atoms with Gasteiger partial charge in [0.15, 0.2) is 0 Å². The number of hydrogen-bond acceptors (Lipinski definition) is 3. The summed E-state index contributed by atoms with van der Waals surface area (Å²) < 4.78 is 0. The van der Waals surface area contributed by atoms with Crippen molar-refractivity contribution < 1.29 is 9.59 Å². The fraction of sp³-hybridized carbons (Fsp3) is 0.429. The van der Waals surface area contributed by atoms with Crippen LogP contribution in [0.25, 0.3) is 10.8 Å². The molecule has 26 heavy (non-hydrogen) atoms. The number of carbonyl (C=O) groups excluding carboxylic acids is 2. The Morgan fingerprint density at radius 2 is 1.96 bits per heavy atom. The number of likely N-dealkylation sites (tertiary alicyclic amines) is 1. The second-order valence-electron chi connectivity index (χ2n) is 6.86. The first kappa shape index (κ1) is 18.4. The van der Waals surface area contributed by atoms with Crippen molar-refractivity contribution >= 4 is 22.6 Å². The average Bonchev–Trinajstić information content (AvgIpc) is 2.70. The molecule has 0 aliphatic carbocycles. The van der Waals surface area contributed by atoms with Gasteiger partial charge in [-0.05, 0) is 41.7 Å². The highest BCUT2D eigenvalue weighted by molar-refractivity contribution is 5.88. The van der Waals surface area contributed by atoms with Gasteiger partial charge in [-0.2, -0.15) is 0 Å². The van der Waals surface area contributed by atoms with Crippen LogP contribution in [0.2, 0.25) is 0 Å². The molecule has 1 aliphatic rings. The zero-order valence-corrected chi connectivity index (χ0v) is 15.3. The number of carbonyl (C=O) groups is 2. The largest absolute Gasteiger partial charge is 0.346 e. The number of rotatable bonds is 5. The highest BCUT2D eigenvalue weighted by Crippen LogP contribution is 2.22. The van der Waals surface area contributed by atoms with E-state index in [1.165, 1.54) is 0 Å². The minimum absolute atomic E-state index is 0.0415. The summed E-state index contributed by atoms with van der Waals surface area (Å²) in [4.78, 5) is 26.8. The second kappa shape index (κ2) is 8.32. The summed E-state index contributed by atoms with van der Waals surface area (Å²) in [5, 5.41) is 5.35. The Bertz CT molecular complexity index is 790. The molecule has 0 bridgehead atoms. The van der Waals surface area contributed by atoms with Crippen molar-refractivity contribution in [2.24, 2.45) is 5.73 Å². The van der Waals surface area contributed by atoms with E-state index in [9.17, 15) is 9.59 Å². The smallest absolute Gasteiger partial charge is 0.243 e. The van der Waals surface area contributed by atoms with E-state index in [0.29, 0.717) is 25.9 Å². The maximum Gasteiger partial charge on any atom is 0.243 e. The topological polar surface area (TPSA) is 75.4 Å². The highest BCUT2D eigenvalue weighted by Gasteiger charge is 2.32. The molecule has 5 heteroatoms. The fourth-order valence-corrected chi connectivity index (χ4v) is 3.68. The molecule has 0 radical (unpaired) electrons. The molecule has 0 aromatic heterocycles. The van der Waals surface area contributed by atoms with Crippen LogP contribution in [0.1, 0.15) is 44.2 Å². The summed E-state index contributed by atoms with van der Waals surface area (Å²) in [6, 6.07) is 13.6. The lowest BCUT2D eigenvalue weighted by atomic mass is 9.98. The fourth-order valence-electron chi connectivity index (χ4n) is 3.68. The van der Waals surface area contributed by atoms with Crippen LogP contribution >= 0.6 is 0 Å². The van der Waals surface area contributed by atoms with E-state index in [1.54, 1.807) is 4.90 Å². The number of piperidine rings is 1. The van der Waals surface area contributed by atoms with Crippen molar-refractivity contribution in [1.29, 1.82) is 0 Å². The third-order valence-electron chi connectivity index (χ3n) is 5.16. The molecule has 0 saturated carbocycles. The zero-order valence-electron chi connectivity index (χ0n) is 15.3. The van der Waals surface area contributed by atoms with Crippen molar-refractivity contribution in [2.45, 2.75) is 44.7 Å². The van der Waals surface area contributed by atoms with Crippen LogP contribution in [0.15, 0.2) is 42.5 Å². The molecule has 3 rings (SSSR count). The number of nitrogens with two attached hydrogens (primary N) is 1. The van der Waals surface area contributed by atoms with Crippen molar-refractivity contribution in [2.75, 3.05) is 13.1 Å². The Morgan fingerprint density at radius 1 is 1.19 bits per heavy atom. The summed E-state index contributed by atoms with van der Waals surface area (Å²) >= 11 is 0. The van der Waals surface area contributed by atoms with Gasteiger partial charge in [-0.1, -0.05) is 43.3 Å². The first-order valence-electron chi connectivity index (χ1n) is 9.42. The standard InChI is InChI=1S/C21H27N3O2/c1-2-20(25)24-12-6-5-9-19(24)21(26)23-18(14-22)17-11-10-15-7-3-4-8-16(15)13-17/h3-4,7-8,10-11,13,18-19H,2,5-6,9,12,14,22H2,1H3,(H,23,26). The molecule has 0 spiro atoms. The molecule has 2 atom stereocenters. The van der Waals surface area contributed by atoms with Crippen molar-refractivity contribution in [3.8, 4) is 0 Å². The molecule has 1 heterocycles. The van der Waals surface area contributed by atoms with Crippen molar-refractivity contribution in [1.82, 2.24) is 10.2 Å². The predicted octanol–water partition coefficient (Wildman–Crippen LogP) is 2.75. The second-order valence-corrected chi connectivity index (χ2v) is 6.86. The Labute approximate surface area is 154 Å². The van der Waals surface area contributed by atoms with Gasteiger partial charge in [0.2, 0.25) is 11.8 Å². The lowest BCUT2D eigenvalue weighted by molar-refractivity contribution is -0.142. The van der Waals surface area contributed by atoms with Crippen LogP contribution in [0, 0.1) is 0 Å². The summed E-state index contributed by atoms with van der Waals surface area (Å²) in [5.41, 5.74) is 6.94. The molecule has 2 unspecified atom stereocenters. The molecule has 2 amide bonds. The highest BCUT2D eigenvalue weighted by atomic mass is 16.2. The Kier molecular flexibility index (Phi) is 5.89. The van der Waals surface area contributed by atoms with Crippen LogP contribution < -0.4 is 11.1 Å². The Balaban J connectivity index is 1.77. The van der Waals surface area contributed by atoms with Gasteiger partial charge >= 0.3 is 0 Å². The van der Waals surface area contributed by atoms with Gasteiger partial charge in [-0.25, -0.2) is 0 Å². The average molecular weight is 353 g/mol. The first-order chi connectivity index (χ1) is 12.6. The third kappa shape index (κ3) is 3.88. The zero-order chi connectivity index (χ0) is 18.5. The third-order valence-corrected chi connectivity index (χ3v) is 5.16. The van der Waals surface area contributed by atoms with Crippen molar-refractivity contribution in [3.63, 3.8) is 0 Å². The van der Waals surface area contributed by atoms with Gasteiger partial charge in [0, 0.05) is 19.5 Å². The molecule has 1 fully saturated rings. The lowest BCUT2D eigenvalue weighted by Gasteiger charge is -2.35. The first-order valence-corrected chi connectivity index (χ1v) is 9.42. The Hall–Kier alpha value is -2.40. The molecule has 2 aromatic rings. The maximum absolute atomic E-state index is 12.9. The number of nitrogens with one attached hydrogen (secondary N) is 1. The molecular formula is C21H27N3O2. The van der Waals surface area contributed by atoms with Gasteiger partial charge in [-0.15, -0.1) is 0 Å². The number of benzene rings is 2. The van der Waals surface area contributed by atoms with Gasteiger partial charge < -0.3 is 16.0 Å².